The van der Waals surface area contributed by atoms with Crippen molar-refractivity contribution in [2.24, 2.45) is 5.92 Å². The molecule has 0 spiro atoms. The number of aromatic nitrogens is 2. The van der Waals surface area contributed by atoms with E-state index in [4.69, 9.17) is 0 Å². The first-order chi connectivity index (χ1) is 12.7. The van der Waals surface area contributed by atoms with Crippen molar-refractivity contribution < 1.29 is 4.79 Å². The second-order valence-corrected chi connectivity index (χ2v) is 7.49. The number of carbonyl (C=O) groups is 1. The van der Waals surface area contributed by atoms with Crippen LogP contribution >= 0.6 is 0 Å². The maximum Gasteiger partial charge on any atom is 0.223 e. The molecule has 0 saturated carbocycles. The van der Waals surface area contributed by atoms with Crippen LogP contribution in [0.5, 0.6) is 0 Å². The number of nitrogens with zero attached hydrogens (tertiary/aromatic N) is 4. The first-order valence-corrected chi connectivity index (χ1v) is 9.57. The minimum atomic E-state index is 0.313. The molecule has 2 aliphatic heterocycles. The summed E-state index contributed by atoms with van der Waals surface area (Å²) in [4.78, 5) is 25.9. The lowest BCUT2D eigenvalue weighted by molar-refractivity contribution is -0.133. The van der Waals surface area contributed by atoms with Crippen LogP contribution in [0.3, 0.4) is 0 Å². The smallest absolute Gasteiger partial charge is 0.223 e. The van der Waals surface area contributed by atoms with Crippen LogP contribution in [0.4, 0.5) is 5.82 Å². The Hall–Kier alpha value is -2.43. The summed E-state index contributed by atoms with van der Waals surface area (Å²) in [7, 11) is 0. The van der Waals surface area contributed by atoms with E-state index in [1.807, 2.05) is 18.0 Å². The summed E-state index contributed by atoms with van der Waals surface area (Å²) in [5.41, 5.74) is 3.65. The van der Waals surface area contributed by atoms with Gasteiger partial charge >= 0.3 is 0 Å². The maximum absolute atomic E-state index is 12.8. The summed E-state index contributed by atoms with van der Waals surface area (Å²) in [5.74, 6) is 1.75. The Kier molecular flexibility index (Phi) is 4.87. The van der Waals surface area contributed by atoms with E-state index in [1.165, 1.54) is 11.1 Å². The van der Waals surface area contributed by atoms with Crippen LogP contribution in [-0.4, -0.2) is 40.4 Å². The number of rotatable bonds is 3. The van der Waals surface area contributed by atoms with Crippen LogP contribution in [0.25, 0.3) is 0 Å². The number of hydrogen-bond acceptors (Lipinski definition) is 4. The van der Waals surface area contributed by atoms with Gasteiger partial charge in [0.1, 0.15) is 5.82 Å². The quantitative estimate of drug-likeness (QED) is 0.854. The van der Waals surface area contributed by atoms with Gasteiger partial charge in [-0.3, -0.25) is 9.78 Å². The van der Waals surface area contributed by atoms with Crippen LogP contribution in [0, 0.1) is 12.8 Å². The lowest BCUT2D eigenvalue weighted by Crippen LogP contribution is -2.39. The average molecular weight is 350 g/mol. The molecule has 0 N–H and O–H groups in total. The fourth-order valence-corrected chi connectivity index (χ4v) is 4.05. The molecule has 1 saturated heterocycles. The molecule has 2 aliphatic rings. The molecule has 0 aliphatic carbocycles. The molecule has 1 amide bonds. The van der Waals surface area contributed by atoms with Gasteiger partial charge in [-0.05, 0) is 43.2 Å². The standard InChI is InChI=1S/C21H26N4O/c1-16-13-22-14-20(23-16)24-9-6-17(7-10-24)12-21(26)25-11-8-18-4-2-3-5-19(18)15-25/h2-5,13-14,17H,6-12,15H2,1H3. The molecule has 0 bridgehead atoms. The number of aryl methyl sites for hydroxylation is 1. The zero-order valence-electron chi connectivity index (χ0n) is 15.4. The van der Waals surface area contributed by atoms with Crippen molar-refractivity contribution in [3.63, 3.8) is 0 Å². The monoisotopic (exact) mass is 350 g/mol. The summed E-state index contributed by atoms with van der Waals surface area (Å²) in [6, 6.07) is 8.48. The Morgan fingerprint density at radius 2 is 1.88 bits per heavy atom. The molecule has 1 aromatic carbocycles. The number of piperidine rings is 1. The van der Waals surface area contributed by atoms with Gasteiger partial charge in [0.2, 0.25) is 5.91 Å². The summed E-state index contributed by atoms with van der Waals surface area (Å²) < 4.78 is 0. The largest absolute Gasteiger partial charge is 0.355 e. The van der Waals surface area contributed by atoms with Gasteiger partial charge in [-0.1, -0.05) is 24.3 Å². The van der Waals surface area contributed by atoms with Gasteiger partial charge in [-0.25, -0.2) is 4.98 Å². The predicted octanol–water partition coefficient (Wildman–Crippen LogP) is 2.98. The third-order valence-corrected chi connectivity index (χ3v) is 5.63. The summed E-state index contributed by atoms with van der Waals surface area (Å²) in [6.07, 6.45) is 7.37. The van der Waals surface area contributed by atoms with Crippen LogP contribution in [0.1, 0.15) is 36.1 Å². The van der Waals surface area contributed by atoms with Gasteiger partial charge in [0.15, 0.2) is 0 Å². The number of carbonyl (C=O) groups excluding carboxylic acids is 1. The second-order valence-electron chi connectivity index (χ2n) is 7.49. The van der Waals surface area contributed by atoms with Gasteiger partial charge in [-0.2, -0.15) is 0 Å². The van der Waals surface area contributed by atoms with Gasteiger partial charge in [0.05, 0.1) is 11.9 Å². The van der Waals surface area contributed by atoms with Crippen molar-refractivity contribution in [3.05, 3.63) is 53.5 Å². The Bertz CT molecular complexity index is 783. The summed E-state index contributed by atoms with van der Waals surface area (Å²) in [6.45, 7) is 5.51. The molecular weight excluding hydrogens is 324 g/mol. The van der Waals surface area contributed by atoms with Crippen molar-refractivity contribution in [2.75, 3.05) is 24.5 Å². The zero-order chi connectivity index (χ0) is 17.9. The van der Waals surface area contributed by atoms with Crippen molar-refractivity contribution in [1.82, 2.24) is 14.9 Å². The minimum Gasteiger partial charge on any atom is -0.355 e. The molecule has 0 radical (unpaired) electrons. The SMILES string of the molecule is Cc1cncc(N2CCC(CC(=O)N3CCc4ccccc4C3)CC2)n1. The van der Waals surface area contributed by atoms with Crippen molar-refractivity contribution in [3.8, 4) is 0 Å². The number of fused-ring (bicyclic) bond motifs is 1. The Labute approximate surface area is 155 Å². The summed E-state index contributed by atoms with van der Waals surface area (Å²) >= 11 is 0. The molecule has 3 heterocycles. The van der Waals surface area contributed by atoms with Crippen molar-refractivity contribution in [2.45, 2.75) is 39.2 Å². The van der Waals surface area contributed by atoms with Crippen molar-refractivity contribution in [1.29, 1.82) is 0 Å². The number of anilines is 1. The Balaban J connectivity index is 1.30. The predicted molar refractivity (Wildman–Crippen MR) is 102 cm³/mol. The van der Waals surface area contributed by atoms with Gasteiger partial charge in [0.25, 0.3) is 0 Å². The molecule has 0 atom stereocenters. The lowest BCUT2D eigenvalue weighted by Gasteiger charge is -2.34. The van der Waals surface area contributed by atoms with E-state index in [0.29, 0.717) is 18.2 Å². The van der Waals surface area contributed by atoms with E-state index >= 15 is 0 Å². The highest BCUT2D eigenvalue weighted by Gasteiger charge is 2.26. The normalized spacial score (nSPS) is 17.9. The summed E-state index contributed by atoms with van der Waals surface area (Å²) in [5, 5.41) is 0. The molecule has 136 valence electrons. The van der Waals surface area contributed by atoms with E-state index in [9.17, 15) is 4.79 Å². The second kappa shape index (κ2) is 7.44. The molecule has 5 heteroatoms. The highest BCUT2D eigenvalue weighted by Crippen LogP contribution is 2.26. The first-order valence-electron chi connectivity index (χ1n) is 9.57. The highest BCUT2D eigenvalue weighted by atomic mass is 16.2. The Morgan fingerprint density at radius 1 is 1.12 bits per heavy atom. The topological polar surface area (TPSA) is 49.3 Å². The van der Waals surface area contributed by atoms with E-state index in [2.05, 4.69) is 39.1 Å². The van der Waals surface area contributed by atoms with Gasteiger partial charge < -0.3 is 9.80 Å². The molecule has 4 rings (SSSR count). The fraction of sp³-hybridized carbons (Fsp3) is 0.476. The molecule has 1 fully saturated rings. The van der Waals surface area contributed by atoms with Crippen LogP contribution in [0.2, 0.25) is 0 Å². The van der Waals surface area contributed by atoms with E-state index < -0.39 is 0 Å². The molecule has 2 aromatic rings. The number of benzene rings is 1. The average Bonchev–Trinajstić information content (AvgIpc) is 2.68. The van der Waals surface area contributed by atoms with Crippen LogP contribution in [-0.2, 0) is 17.8 Å². The molecule has 5 nitrogen and oxygen atoms in total. The van der Waals surface area contributed by atoms with Gasteiger partial charge in [-0.15, -0.1) is 0 Å². The Morgan fingerprint density at radius 3 is 2.65 bits per heavy atom. The first kappa shape index (κ1) is 17.0. The third kappa shape index (κ3) is 3.71. The van der Waals surface area contributed by atoms with E-state index in [1.54, 1.807) is 6.20 Å². The van der Waals surface area contributed by atoms with Crippen molar-refractivity contribution >= 4 is 11.7 Å². The number of amides is 1. The van der Waals surface area contributed by atoms with E-state index in [-0.39, 0.29) is 0 Å². The van der Waals surface area contributed by atoms with Crippen LogP contribution < -0.4 is 4.90 Å². The molecule has 0 unspecified atom stereocenters. The van der Waals surface area contributed by atoms with E-state index in [0.717, 1.165) is 57.0 Å². The molecule has 1 aromatic heterocycles. The minimum absolute atomic E-state index is 0.313. The van der Waals surface area contributed by atoms with Crippen LogP contribution in [0.15, 0.2) is 36.7 Å². The molecular formula is C21H26N4O. The van der Waals surface area contributed by atoms with Gasteiger partial charge in [0, 0.05) is 38.8 Å². The fourth-order valence-electron chi connectivity index (χ4n) is 4.05. The highest BCUT2D eigenvalue weighted by molar-refractivity contribution is 5.76. The maximum atomic E-state index is 12.8. The zero-order valence-corrected chi connectivity index (χ0v) is 15.4. The lowest BCUT2D eigenvalue weighted by atomic mass is 9.92. The number of hydrogen-bond donors (Lipinski definition) is 0. The molecule has 26 heavy (non-hydrogen) atoms. The third-order valence-electron chi connectivity index (χ3n) is 5.63.